The summed E-state index contributed by atoms with van der Waals surface area (Å²) >= 11 is 12.1. The van der Waals surface area contributed by atoms with Gasteiger partial charge in [0.1, 0.15) is 12.4 Å². The first kappa shape index (κ1) is 26.2. The molecule has 0 aliphatic rings. The van der Waals surface area contributed by atoms with Crippen molar-refractivity contribution in [2.75, 3.05) is 5.32 Å². The molecule has 4 aromatic rings. The van der Waals surface area contributed by atoms with Crippen LogP contribution in [0.25, 0.3) is 0 Å². The molecule has 8 nitrogen and oxygen atoms in total. The third-order valence-electron chi connectivity index (χ3n) is 5.90. The van der Waals surface area contributed by atoms with Crippen LogP contribution in [-0.2, 0) is 13.2 Å². The summed E-state index contributed by atoms with van der Waals surface area (Å²) in [5.41, 5.74) is 4.90. The van der Waals surface area contributed by atoms with Crippen LogP contribution in [0.5, 0.6) is 5.75 Å². The highest BCUT2D eigenvalue weighted by Gasteiger charge is 2.16. The fourth-order valence-corrected chi connectivity index (χ4v) is 4.24. The average Bonchev–Trinajstić information content (AvgIpc) is 3.12. The monoisotopic (exact) mass is 538 g/mol. The Labute approximate surface area is 223 Å². The quantitative estimate of drug-likeness (QED) is 0.194. The molecule has 0 unspecified atom stereocenters. The standard InChI is InChI=1S/C27H24Cl2N4O4/c1-16-11-22(8-10-25(16)33(35)36)37-15-20-5-4-6-21(12-20)27(34)30-26-17(2)31-32(18(26)3)14-19-7-9-23(28)24(29)13-19/h4-13H,14-15H2,1-3H3,(H,30,34). The molecule has 4 rings (SSSR count). The van der Waals surface area contributed by atoms with E-state index in [2.05, 4.69) is 10.4 Å². The fraction of sp³-hybridized carbons (Fsp3) is 0.185. The Balaban J connectivity index is 1.44. The molecule has 0 aliphatic heterocycles. The highest BCUT2D eigenvalue weighted by molar-refractivity contribution is 6.42. The third kappa shape index (κ3) is 6.10. The topological polar surface area (TPSA) is 99.3 Å². The van der Waals surface area contributed by atoms with Gasteiger partial charge < -0.3 is 10.1 Å². The van der Waals surface area contributed by atoms with Crippen molar-refractivity contribution in [3.63, 3.8) is 0 Å². The number of benzene rings is 3. The maximum absolute atomic E-state index is 13.1. The molecule has 1 aromatic heterocycles. The predicted octanol–water partition coefficient (Wildman–Crippen LogP) is 6.90. The van der Waals surface area contributed by atoms with Gasteiger partial charge in [0.15, 0.2) is 0 Å². The van der Waals surface area contributed by atoms with Gasteiger partial charge in [0, 0.05) is 17.2 Å². The molecule has 0 fully saturated rings. The summed E-state index contributed by atoms with van der Waals surface area (Å²) in [5.74, 6) is 0.243. The summed E-state index contributed by atoms with van der Waals surface area (Å²) in [6.07, 6.45) is 0. The van der Waals surface area contributed by atoms with Gasteiger partial charge in [-0.3, -0.25) is 19.6 Å². The molecule has 0 saturated heterocycles. The van der Waals surface area contributed by atoms with Crippen molar-refractivity contribution in [3.8, 4) is 5.75 Å². The van der Waals surface area contributed by atoms with Crippen LogP contribution in [0.4, 0.5) is 11.4 Å². The van der Waals surface area contributed by atoms with Crippen LogP contribution in [0.3, 0.4) is 0 Å². The number of carbonyl (C=O) groups is 1. The normalized spacial score (nSPS) is 10.8. The Morgan fingerprint density at radius 3 is 2.51 bits per heavy atom. The number of nitrogens with zero attached hydrogens (tertiary/aromatic N) is 3. The van der Waals surface area contributed by atoms with Crippen molar-refractivity contribution in [1.29, 1.82) is 0 Å². The molecular weight excluding hydrogens is 515 g/mol. The summed E-state index contributed by atoms with van der Waals surface area (Å²) in [7, 11) is 0. The predicted molar refractivity (Wildman–Crippen MR) is 144 cm³/mol. The van der Waals surface area contributed by atoms with Gasteiger partial charge in [0.25, 0.3) is 11.6 Å². The number of anilines is 1. The zero-order chi connectivity index (χ0) is 26.7. The Hall–Kier alpha value is -3.88. The maximum atomic E-state index is 13.1. The van der Waals surface area contributed by atoms with Crippen molar-refractivity contribution in [2.45, 2.75) is 33.9 Å². The lowest BCUT2D eigenvalue weighted by Crippen LogP contribution is -2.14. The molecule has 10 heteroatoms. The lowest BCUT2D eigenvalue weighted by atomic mass is 10.1. The number of nitro benzene ring substituents is 1. The zero-order valence-electron chi connectivity index (χ0n) is 20.4. The third-order valence-corrected chi connectivity index (χ3v) is 6.64. The number of carbonyl (C=O) groups excluding carboxylic acids is 1. The second-order valence-corrected chi connectivity index (χ2v) is 9.41. The SMILES string of the molecule is Cc1cc(OCc2cccc(C(=O)Nc3c(C)nn(Cc4ccc(Cl)c(Cl)c4)c3C)c2)ccc1[N+](=O)[O-]. The molecule has 1 N–H and O–H groups in total. The van der Waals surface area contributed by atoms with Crippen molar-refractivity contribution < 1.29 is 14.5 Å². The molecule has 190 valence electrons. The van der Waals surface area contributed by atoms with E-state index in [4.69, 9.17) is 27.9 Å². The van der Waals surface area contributed by atoms with E-state index >= 15 is 0 Å². The minimum absolute atomic E-state index is 0.0388. The van der Waals surface area contributed by atoms with E-state index in [0.29, 0.717) is 44.8 Å². The van der Waals surface area contributed by atoms with Gasteiger partial charge in [-0.2, -0.15) is 5.10 Å². The molecule has 0 bridgehead atoms. The maximum Gasteiger partial charge on any atom is 0.272 e. The minimum atomic E-state index is -0.429. The Bertz CT molecular complexity index is 1500. The number of hydrogen-bond acceptors (Lipinski definition) is 5. The lowest BCUT2D eigenvalue weighted by Gasteiger charge is -2.10. The second-order valence-electron chi connectivity index (χ2n) is 8.60. The van der Waals surface area contributed by atoms with Gasteiger partial charge in [0.05, 0.1) is 38.6 Å². The zero-order valence-corrected chi connectivity index (χ0v) is 21.9. The number of aryl methyl sites for hydroxylation is 2. The van der Waals surface area contributed by atoms with E-state index in [1.54, 1.807) is 54.1 Å². The van der Waals surface area contributed by atoms with Gasteiger partial charge in [-0.15, -0.1) is 0 Å². The van der Waals surface area contributed by atoms with Gasteiger partial charge >= 0.3 is 0 Å². The molecule has 0 aliphatic carbocycles. The van der Waals surface area contributed by atoms with Crippen LogP contribution >= 0.6 is 23.2 Å². The number of halogens is 2. The highest BCUT2D eigenvalue weighted by Crippen LogP contribution is 2.26. The van der Waals surface area contributed by atoms with E-state index in [9.17, 15) is 14.9 Å². The van der Waals surface area contributed by atoms with E-state index in [1.165, 1.54) is 6.07 Å². The van der Waals surface area contributed by atoms with Gasteiger partial charge in [-0.05, 0) is 68.3 Å². The fourth-order valence-electron chi connectivity index (χ4n) is 3.92. The Kier molecular flexibility index (Phi) is 7.80. The van der Waals surface area contributed by atoms with Crippen LogP contribution in [0.1, 0.15) is 38.4 Å². The van der Waals surface area contributed by atoms with E-state index < -0.39 is 4.92 Å². The summed E-state index contributed by atoms with van der Waals surface area (Å²) < 4.78 is 7.60. The summed E-state index contributed by atoms with van der Waals surface area (Å²) in [4.78, 5) is 23.6. The molecule has 1 heterocycles. The van der Waals surface area contributed by atoms with Crippen molar-refractivity contribution >= 4 is 40.5 Å². The molecule has 37 heavy (non-hydrogen) atoms. The molecule has 0 spiro atoms. The van der Waals surface area contributed by atoms with E-state index in [-0.39, 0.29) is 18.2 Å². The first-order valence-electron chi connectivity index (χ1n) is 11.4. The van der Waals surface area contributed by atoms with Gasteiger partial charge in [-0.25, -0.2) is 0 Å². The summed E-state index contributed by atoms with van der Waals surface area (Å²) in [6, 6.07) is 17.1. The van der Waals surface area contributed by atoms with Crippen LogP contribution in [0, 0.1) is 30.9 Å². The van der Waals surface area contributed by atoms with Crippen molar-refractivity contribution in [1.82, 2.24) is 9.78 Å². The number of aromatic nitrogens is 2. The molecule has 3 aromatic carbocycles. The molecule has 1 amide bonds. The summed E-state index contributed by atoms with van der Waals surface area (Å²) in [5, 5.41) is 19.5. The molecule has 0 atom stereocenters. The van der Waals surface area contributed by atoms with Gasteiger partial charge in [0.2, 0.25) is 0 Å². The molecular formula is C27H24Cl2N4O4. The Morgan fingerprint density at radius 1 is 1.03 bits per heavy atom. The number of nitrogens with one attached hydrogen (secondary N) is 1. The first-order valence-corrected chi connectivity index (χ1v) is 12.1. The van der Waals surface area contributed by atoms with Crippen LogP contribution in [0.2, 0.25) is 10.0 Å². The minimum Gasteiger partial charge on any atom is -0.489 e. The Morgan fingerprint density at radius 2 is 1.81 bits per heavy atom. The average molecular weight is 539 g/mol. The van der Waals surface area contributed by atoms with Crippen LogP contribution in [-0.4, -0.2) is 20.6 Å². The second kappa shape index (κ2) is 11.0. The number of amides is 1. The van der Waals surface area contributed by atoms with E-state index in [0.717, 1.165) is 16.8 Å². The largest absolute Gasteiger partial charge is 0.489 e. The van der Waals surface area contributed by atoms with E-state index in [1.807, 2.05) is 26.0 Å². The number of nitro groups is 1. The van der Waals surface area contributed by atoms with Crippen molar-refractivity contribution in [2.24, 2.45) is 0 Å². The molecule has 0 saturated carbocycles. The number of rotatable bonds is 8. The molecule has 0 radical (unpaired) electrons. The smallest absolute Gasteiger partial charge is 0.272 e. The first-order chi connectivity index (χ1) is 17.6. The number of ether oxygens (including phenoxy) is 1. The van der Waals surface area contributed by atoms with Crippen LogP contribution in [0.15, 0.2) is 60.7 Å². The highest BCUT2D eigenvalue weighted by atomic mass is 35.5. The van der Waals surface area contributed by atoms with Crippen LogP contribution < -0.4 is 10.1 Å². The van der Waals surface area contributed by atoms with Gasteiger partial charge in [-0.1, -0.05) is 41.4 Å². The number of hydrogen-bond donors (Lipinski definition) is 1. The summed E-state index contributed by atoms with van der Waals surface area (Å²) in [6.45, 7) is 6.08. The van der Waals surface area contributed by atoms with Crippen molar-refractivity contribution in [3.05, 3.63) is 114 Å². The lowest BCUT2D eigenvalue weighted by molar-refractivity contribution is -0.385.